The van der Waals surface area contributed by atoms with Gasteiger partial charge in [0.05, 0.1) is 5.02 Å². The van der Waals surface area contributed by atoms with Crippen LogP contribution in [0.4, 0.5) is 0 Å². The second-order valence-electron chi connectivity index (χ2n) is 4.71. The van der Waals surface area contributed by atoms with Crippen LogP contribution in [0.1, 0.15) is 16.4 Å². The third-order valence-corrected chi connectivity index (χ3v) is 3.43. The first-order valence-electron chi connectivity index (χ1n) is 7.01. The number of halogens is 1. The van der Waals surface area contributed by atoms with Crippen LogP contribution >= 0.6 is 11.6 Å². The van der Waals surface area contributed by atoms with Crippen LogP contribution in [-0.2, 0) is 6.42 Å². The molecule has 0 fully saturated rings. The van der Waals surface area contributed by atoms with Crippen LogP contribution in [0.3, 0.4) is 0 Å². The molecule has 7 heteroatoms. The summed E-state index contributed by atoms with van der Waals surface area (Å²) in [5, 5.41) is 7.22. The maximum Gasteiger partial charge on any atom is 0.269 e. The number of aromatic nitrogens is 3. The SMILES string of the molecule is O=C(NCCc1nc(-c2ccccc2Cl)no1)c1ccccn1. The molecule has 1 N–H and O–H groups in total. The minimum absolute atomic E-state index is 0.239. The van der Waals surface area contributed by atoms with Gasteiger partial charge in [0.2, 0.25) is 11.7 Å². The summed E-state index contributed by atoms with van der Waals surface area (Å²) in [4.78, 5) is 20.1. The van der Waals surface area contributed by atoms with E-state index in [-0.39, 0.29) is 5.91 Å². The van der Waals surface area contributed by atoms with Gasteiger partial charge in [-0.05, 0) is 24.3 Å². The molecule has 0 unspecified atom stereocenters. The second kappa shape index (κ2) is 7.02. The summed E-state index contributed by atoms with van der Waals surface area (Å²) < 4.78 is 5.17. The van der Waals surface area contributed by atoms with Crippen LogP contribution in [0, 0.1) is 0 Å². The molecule has 0 saturated heterocycles. The highest BCUT2D eigenvalue weighted by molar-refractivity contribution is 6.33. The van der Waals surface area contributed by atoms with E-state index in [1.807, 2.05) is 18.2 Å². The number of carbonyl (C=O) groups is 1. The van der Waals surface area contributed by atoms with Crippen molar-refractivity contribution in [3.63, 3.8) is 0 Å². The minimum Gasteiger partial charge on any atom is -0.350 e. The number of rotatable bonds is 5. The molecule has 6 nitrogen and oxygen atoms in total. The Kier molecular flexibility index (Phi) is 4.63. The average molecular weight is 329 g/mol. The van der Waals surface area contributed by atoms with Crippen LogP contribution < -0.4 is 5.32 Å². The van der Waals surface area contributed by atoms with Gasteiger partial charge in [-0.3, -0.25) is 9.78 Å². The van der Waals surface area contributed by atoms with E-state index >= 15 is 0 Å². The molecular weight excluding hydrogens is 316 g/mol. The molecule has 0 aliphatic heterocycles. The molecule has 1 aromatic carbocycles. The number of amides is 1. The minimum atomic E-state index is -0.239. The van der Waals surface area contributed by atoms with Gasteiger partial charge in [-0.2, -0.15) is 4.98 Å². The summed E-state index contributed by atoms with van der Waals surface area (Å²) in [5.74, 6) is 0.624. The number of nitrogens with one attached hydrogen (secondary N) is 1. The van der Waals surface area contributed by atoms with Gasteiger partial charge in [0.15, 0.2) is 0 Å². The fourth-order valence-corrected chi connectivity index (χ4v) is 2.20. The van der Waals surface area contributed by atoms with Crippen LogP contribution in [0.2, 0.25) is 5.02 Å². The van der Waals surface area contributed by atoms with Gasteiger partial charge in [0.1, 0.15) is 5.69 Å². The molecule has 1 amide bonds. The monoisotopic (exact) mass is 328 g/mol. The lowest BCUT2D eigenvalue weighted by Gasteiger charge is -2.01. The van der Waals surface area contributed by atoms with Crippen molar-refractivity contribution in [2.45, 2.75) is 6.42 Å². The standard InChI is InChI=1S/C16H13ClN4O2/c17-12-6-2-1-5-11(12)15-20-14(23-21-15)8-10-19-16(22)13-7-3-4-9-18-13/h1-7,9H,8,10H2,(H,19,22). The molecule has 2 aromatic heterocycles. The topological polar surface area (TPSA) is 80.9 Å². The number of carbonyl (C=O) groups excluding carboxylic acids is 1. The Morgan fingerprint density at radius 3 is 2.78 bits per heavy atom. The van der Waals surface area contributed by atoms with E-state index in [9.17, 15) is 4.79 Å². The van der Waals surface area contributed by atoms with E-state index in [1.54, 1.807) is 30.5 Å². The van der Waals surface area contributed by atoms with E-state index in [1.165, 1.54) is 0 Å². The molecule has 3 rings (SSSR count). The second-order valence-corrected chi connectivity index (χ2v) is 5.12. The fraction of sp³-hybridized carbons (Fsp3) is 0.125. The van der Waals surface area contributed by atoms with Crippen LogP contribution in [0.25, 0.3) is 11.4 Å². The Morgan fingerprint density at radius 1 is 1.17 bits per heavy atom. The summed E-state index contributed by atoms with van der Waals surface area (Å²) in [5.41, 5.74) is 1.08. The molecule has 116 valence electrons. The summed E-state index contributed by atoms with van der Waals surface area (Å²) in [6.45, 7) is 0.375. The molecule has 0 bridgehead atoms. The highest BCUT2D eigenvalue weighted by Gasteiger charge is 2.12. The van der Waals surface area contributed by atoms with E-state index in [0.717, 1.165) is 0 Å². The Bertz CT molecular complexity index is 805. The number of benzene rings is 1. The van der Waals surface area contributed by atoms with Gasteiger partial charge in [-0.1, -0.05) is 35.0 Å². The zero-order valence-electron chi connectivity index (χ0n) is 12.1. The zero-order valence-corrected chi connectivity index (χ0v) is 12.8. The molecule has 0 saturated carbocycles. The van der Waals surface area contributed by atoms with Crippen molar-refractivity contribution in [2.24, 2.45) is 0 Å². The third-order valence-electron chi connectivity index (χ3n) is 3.10. The molecule has 0 radical (unpaired) electrons. The molecule has 2 heterocycles. The number of nitrogens with zero attached hydrogens (tertiary/aromatic N) is 3. The molecule has 0 spiro atoms. The maximum absolute atomic E-state index is 11.8. The molecule has 0 atom stereocenters. The highest BCUT2D eigenvalue weighted by atomic mass is 35.5. The van der Waals surface area contributed by atoms with Crippen LogP contribution in [-0.4, -0.2) is 27.6 Å². The summed E-state index contributed by atoms with van der Waals surface area (Å²) in [6.07, 6.45) is 2.00. The smallest absolute Gasteiger partial charge is 0.269 e. The van der Waals surface area contributed by atoms with Crippen LogP contribution in [0.15, 0.2) is 53.2 Å². The maximum atomic E-state index is 11.8. The van der Waals surface area contributed by atoms with Crippen molar-refractivity contribution in [3.8, 4) is 11.4 Å². The van der Waals surface area contributed by atoms with Gasteiger partial charge in [-0.25, -0.2) is 0 Å². The van der Waals surface area contributed by atoms with Gasteiger partial charge < -0.3 is 9.84 Å². The van der Waals surface area contributed by atoms with Gasteiger partial charge in [0.25, 0.3) is 5.91 Å². The van der Waals surface area contributed by atoms with Gasteiger partial charge >= 0.3 is 0 Å². The molecule has 0 aliphatic carbocycles. The van der Waals surface area contributed by atoms with E-state index in [4.69, 9.17) is 16.1 Å². The number of pyridine rings is 1. The Hall–Kier alpha value is -2.73. The van der Waals surface area contributed by atoms with Crippen molar-refractivity contribution in [1.82, 2.24) is 20.4 Å². The van der Waals surface area contributed by atoms with Crippen molar-refractivity contribution >= 4 is 17.5 Å². The summed E-state index contributed by atoms with van der Waals surface area (Å²) >= 11 is 6.10. The van der Waals surface area contributed by atoms with E-state index in [0.29, 0.717) is 41.0 Å². The fourth-order valence-electron chi connectivity index (χ4n) is 1.98. The lowest BCUT2D eigenvalue weighted by molar-refractivity contribution is 0.0948. The molecular formula is C16H13ClN4O2. The van der Waals surface area contributed by atoms with Gasteiger partial charge in [0, 0.05) is 24.7 Å². The normalized spacial score (nSPS) is 10.5. The van der Waals surface area contributed by atoms with Crippen molar-refractivity contribution in [3.05, 3.63) is 65.3 Å². The Labute approximate surface area is 137 Å². The lowest BCUT2D eigenvalue weighted by atomic mass is 10.2. The highest BCUT2D eigenvalue weighted by Crippen LogP contribution is 2.24. The quantitative estimate of drug-likeness (QED) is 0.779. The van der Waals surface area contributed by atoms with Crippen molar-refractivity contribution in [2.75, 3.05) is 6.54 Å². The first-order valence-corrected chi connectivity index (χ1v) is 7.38. The number of hydrogen-bond donors (Lipinski definition) is 1. The first kappa shape index (κ1) is 15.2. The molecule has 0 aliphatic rings. The van der Waals surface area contributed by atoms with Crippen molar-refractivity contribution < 1.29 is 9.32 Å². The zero-order chi connectivity index (χ0) is 16.1. The lowest BCUT2D eigenvalue weighted by Crippen LogP contribution is -2.26. The van der Waals surface area contributed by atoms with E-state index < -0.39 is 0 Å². The van der Waals surface area contributed by atoms with E-state index in [2.05, 4.69) is 20.4 Å². The number of hydrogen-bond acceptors (Lipinski definition) is 5. The largest absolute Gasteiger partial charge is 0.350 e. The van der Waals surface area contributed by atoms with Crippen molar-refractivity contribution in [1.29, 1.82) is 0 Å². The first-order chi connectivity index (χ1) is 11.2. The molecule has 23 heavy (non-hydrogen) atoms. The Balaban J connectivity index is 1.58. The van der Waals surface area contributed by atoms with Crippen LogP contribution in [0.5, 0.6) is 0 Å². The predicted molar refractivity (Wildman–Crippen MR) is 85.0 cm³/mol. The summed E-state index contributed by atoms with van der Waals surface area (Å²) in [7, 11) is 0. The average Bonchev–Trinajstić information content (AvgIpc) is 3.04. The van der Waals surface area contributed by atoms with Gasteiger partial charge in [-0.15, -0.1) is 0 Å². The predicted octanol–water partition coefficient (Wildman–Crippen LogP) is 2.76. The summed E-state index contributed by atoms with van der Waals surface area (Å²) in [6, 6.07) is 12.4. The Morgan fingerprint density at radius 2 is 2.00 bits per heavy atom. The third kappa shape index (κ3) is 3.73. The molecule has 3 aromatic rings.